The van der Waals surface area contributed by atoms with Crippen molar-refractivity contribution in [2.45, 2.75) is 19.8 Å². The number of benzene rings is 2. The molecule has 2 aromatic rings. The standard InChI is InChI=1S/C24H23ClN2O3/c1-15-20(23(26)28)22(18-11-6-12-19(25)14-18)21(16(2)27-15)24(29)30-13-7-10-17-8-4-3-5-9-17/h3-12,14,22,27H,13H2,1-2H3,(H2,26,28). The van der Waals surface area contributed by atoms with E-state index >= 15 is 0 Å². The van der Waals surface area contributed by atoms with Gasteiger partial charge in [-0.2, -0.15) is 0 Å². The summed E-state index contributed by atoms with van der Waals surface area (Å²) in [4.78, 5) is 25.2. The lowest BCUT2D eigenvalue weighted by atomic mass is 9.80. The van der Waals surface area contributed by atoms with Gasteiger partial charge in [0.05, 0.1) is 11.5 Å². The predicted molar refractivity (Wildman–Crippen MR) is 118 cm³/mol. The van der Waals surface area contributed by atoms with E-state index in [1.54, 1.807) is 38.1 Å². The van der Waals surface area contributed by atoms with Crippen LogP contribution in [0.1, 0.15) is 30.9 Å². The van der Waals surface area contributed by atoms with E-state index in [1.165, 1.54) is 0 Å². The van der Waals surface area contributed by atoms with Crippen LogP contribution in [0.3, 0.4) is 0 Å². The highest BCUT2D eigenvalue weighted by molar-refractivity contribution is 6.30. The highest BCUT2D eigenvalue weighted by Gasteiger charge is 2.36. The number of esters is 1. The van der Waals surface area contributed by atoms with E-state index in [9.17, 15) is 9.59 Å². The van der Waals surface area contributed by atoms with Gasteiger partial charge >= 0.3 is 5.97 Å². The topological polar surface area (TPSA) is 81.4 Å². The molecule has 0 aromatic heterocycles. The molecule has 30 heavy (non-hydrogen) atoms. The van der Waals surface area contributed by atoms with E-state index in [1.807, 2.05) is 42.5 Å². The fourth-order valence-electron chi connectivity index (χ4n) is 3.56. The van der Waals surface area contributed by atoms with Crippen LogP contribution in [0.25, 0.3) is 6.08 Å². The summed E-state index contributed by atoms with van der Waals surface area (Å²) in [5.74, 6) is -1.78. The van der Waals surface area contributed by atoms with Crippen molar-refractivity contribution in [1.82, 2.24) is 5.32 Å². The van der Waals surface area contributed by atoms with Crippen LogP contribution >= 0.6 is 11.6 Å². The van der Waals surface area contributed by atoms with Crippen LogP contribution in [0.5, 0.6) is 0 Å². The number of nitrogens with one attached hydrogen (secondary N) is 1. The van der Waals surface area contributed by atoms with Crippen LogP contribution in [0.4, 0.5) is 0 Å². The first-order valence-electron chi connectivity index (χ1n) is 9.51. The van der Waals surface area contributed by atoms with E-state index in [-0.39, 0.29) is 6.61 Å². The fourth-order valence-corrected chi connectivity index (χ4v) is 3.76. The highest BCUT2D eigenvalue weighted by Crippen LogP contribution is 2.39. The summed E-state index contributed by atoms with van der Waals surface area (Å²) in [5.41, 5.74) is 9.23. The minimum absolute atomic E-state index is 0.0986. The number of dihydropyridines is 1. The second-order valence-electron chi connectivity index (χ2n) is 6.97. The molecule has 1 aliphatic rings. The Kier molecular flexibility index (Phi) is 6.75. The average molecular weight is 423 g/mol. The second kappa shape index (κ2) is 9.46. The molecule has 5 nitrogen and oxygen atoms in total. The number of amides is 1. The van der Waals surface area contributed by atoms with Crippen molar-refractivity contribution in [3.8, 4) is 0 Å². The van der Waals surface area contributed by atoms with Gasteiger partial charge in [0, 0.05) is 22.0 Å². The van der Waals surface area contributed by atoms with Crippen molar-refractivity contribution in [2.24, 2.45) is 5.73 Å². The number of nitrogens with two attached hydrogens (primary N) is 1. The summed E-state index contributed by atoms with van der Waals surface area (Å²) in [6, 6.07) is 16.8. The minimum Gasteiger partial charge on any atom is -0.458 e. The Morgan fingerprint density at radius 3 is 2.43 bits per heavy atom. The van der Waals surface area contributed by atoms with Gasteiger partial charge in [-0.05, 0) is 43.2 Å². The van der Waals surface area contributed by atoms with Crippen LogP contribution in [0.2, 0.25) is 5.02 Å². The maximum absolute atomic E-state index is 13.0. The van der Waals surface area contributed by atoms with Gasteiger partial charge in [-0.1, -0.05) is 60.1 Å². The minimum atomic E-state index is -0.659. The molecule has 0 aliphatic carbocycles. The molecule has 3 N–H and O–H groups in total. The Balaban J connectivity index is 1.88. The van der Waals surface area contributed by atoms with E-state index in [2.05, 4.69) is 5.32 Å². The summed E-state index contributed by atoms with van der Waals surface area (Å²) in [7, 11) is 0. The Bertz CT molecular complexity index is 1060. The van der Waals surface area contributed by atoms with E-state index in [0.717, 1.165) is 5.56 Å². The predicted octanol–water partition coefficient (Wildman–Crippen LogP) is 4.32. The van der Waals surface area contributed by atoms with E-state index < -0.39 is 17.8 Å². The average Bonchev–Trinajstić information content (AvgIpc) is 2.71. The summed E-state index contributed by atoms with van der Waals surface area (Å²) < 4.78 is 5.49. The van der Waals surface area contributed by atoms with Crippen LogP contribution in [-0.2, 0) is 14.3 Å². The Morgan fingerprint density at radius 2 is 1.77 bits per heavy atom. The number of carbonyl (C=O) groups excluding carboxylic acids is 2. The maximum Gasteiger partial charge on any atom is 0.337 e. The lowest BCUT2D eigenvalue weighted by Gasteiger charge is -2.30. The first-order chi connectivity index (χ1) is 14.4. The Morgan fingerprint density at radius 1 is 1.07 bits per heavy atom. The van der Waals surface area contributed by atoms with Crippen molar-refractivity contribution < 1.29 is 14.3 Å². The SMILES string of the molecule is CC1=C(C(N)=O)C(c2cccc(Cl)c2)C(C(=O)OCC=Cc2ccccc2)=C(C)N1. The first kappa shape index (κ1) is 21.4. The van der Waals surface area contributed by atoms with Crippen molar-refractivity contribution in [3.63, 3.8) is 0 Å². The molecule has 0 saturated carbocycles. The molecule has 0 radical (unpaired) electrons. The summed E-state index contributed by atoms with van der Waals surface area (Å²) in [5, 5.41) is 3.58. The number of hydrogen-bond acceptors (Lipinski definition) is 4. The lowest BCUT2D eigenvalue weighted by Crippen LogP contribution is -2.34. The Labute approximate surface area is 180 Å². The van der Waals surface area contributed by atoms with Crippen LogP contribution in [-0.4, -0.2) is 18.5 Å². The largest absolute Gasteiger partial charge is 0.458 e. The molecule has 1 unspecified atom stereocenters. The van der Waals surface area contributed by atoms with Gasteiger partial charge in [-0.3, -0.25) is 4.79 Å². The quantitative estimate of drug-likeness (QED) is 0.679. The first-order valence-corrected chi connectivity index (χ1v) is 9.89. The zero-order valence-electron chi connectivity index (χ0n) is 16.8. The molecule has 0 spiro atoms. The zero-order valence-corrected chi connectivity index (χ0v) is 17.6. The number of carbonyl (C=O) groups is 2. The van der Waals surface area contributed by atoms with Gasteiger partial charge in [0.1, 0.15) is 6.61 Å². The smallest absolute Gasteiger partial charge is 0.337 e. The van der Waals surface area contributed by atoms with Gasteiger partial charge < -0.3 is 15.8 Å². The molecule has 0 bridgehead atoms. The summed E-state index contributed by atoms with van der Waals surface area (Å²) >= 11 is 6.16. The second-order valence-corrected chi connectivity index (χ2v) is 7.40. The van der Waals surface area contributed by atoms with Gasteiger partial charge in [-0.15, -0.1) is 0 Å². The molecule has 1 heterocycles. The molecule has 0 fully saturated rings. The van der Waals surface area contributed by atoms with Crippen molar-refractivity contribution >= 4 is 29.6 Å². The van der Waals surface area contributed by atoms with E-state index in [4.69, 9.17) is 22.1 Å². The van der Waals surface area contributed by atoms with Crippen molar-refractivity contribution in [2.75, 3.05) is 6.61 Å². The molecular weight excluding hydrogens is 400 g/mol. The van der Waals surface area contributed by atoms with Crippen LogP contribution < -0.4 is 11.1 Å². The summed E-state index contributed by atoms with van der Waals surface area (Å²) in [6.07, 6.45) is 3.64. The molecular formula is C24H23ClN2O3. The molecule has 6 heteroatoms. The van der Waals surface area contributed by atoms with Crippen molar-refractivity contribution in [3.05, 3.63) is 99.4 Å². The van der Waals surface area contributed by atoms with Crippen LogP contribution in [0.15, 0.2) is 83.2 Å². The molecule has 154 valence electrons. The highest BCUT2D eigenvalue weighted by atomic mass is 35.5. The number of ether oxygens (including phenoxy) is 1. The van der Waals surface area contributed by atoms with Crippen molar-refractivity contribution in [1.29, 1.82) is 0 Å². The molecule has 2 aromatic carbocycles. The molecule has 1 amide bonds. The van der Waals surface area contributed by atoms with Crippen LogP contribution in [0, 0.1) is 0 Å². The maximum atomic E-state index is 13.0. The lowest BCUT2D eigenvalue weighted by molar-refractivity contribution is -0.138. The van der Waals surface area contributed by atoms with E-state index in [0.29, 0.717) is 33.1 Å². The zero-order chi connectivity index (χ0) is 21.7. The molecule has 1 aliphatic heterocycles. The number of primary amides is 1. The summed E-state index contributed by atoms with van der Waals surface area (Å²) in [6.45, 7) is 3.63. The Hall–Kier alpha value is -3.31. The monoisotopic (exact) mass is 422 g/mol. The third kappa shape index (κ3) is 4.81. The third-order valence-corrected chi connectivity index (χ3v) is 5.08. The fraction of sp³-hybridized carbons (Fsp3) is 0.167. The number of rotatable bonds is 6. The third-order valence-electron chi connectivity index (χ3n) is 4.85. The van der Waals surface area contributed by atoms with Gasteiger partial charge in [0.15, 0.2) is 0 Å². The molecule has 0 saturated heterocycles. The molecule has 3 rings (SSSR count). The van der Waals surface area contributed by atoms with Gasteiger partial charge in [-0.25, -0.2) is 4.79 Å². The van der Waals surface area contributed by atoms with Gasteiger partial charge in [0.2, 0.25) is 5.91 Å². The normalized spacial score (nSPS) is 16.6. The van der Waals surface area contributed by atoms with Gasteiger partial charge in [0.25, 0.3) is 0 Å². The number of halogens is 1. The molecule has 1 atom stereocenters. The number of hydrogen-bond donors (Lipinski definition) is 2. The number of allylic oxidation sites excluding steroid dienone is 2.